The van der Waals surface area contributed by atoms with Crippen LogP contribution in [0, 0.1) is 0 Å². The largest absolute Gasteiger partial charge is 0.431 e. The minimum absolute atomic E-state index is 0. The van der Waals surface area contributed by atoms with Gasteiger partial charge >= 0.3 is 20.9 Å². The number of tetrazole rings is 6. The molecule has 6 aromatic heterocycles. The molecule has 6 fully saturated rings. The van der Waals surface area contributed by atoms with Crippen molar-refractivity contribution in [1.82, 2.24) is 166 Å². The van der Waals surface area contributed by atoms with Crippen LogP contribution in [0.2, 0.25) is 81.9 Å². The van der Waals surface area contributed by atoms with Crippen molar-refractivity contribution in [3.05, 3.63) is 91.0 Å². The minimum Gasteiger partial charge on any atom is -0.431 e. The van der Waals surface area contributed by atoms with Gasteiger partial charge in [0.05, 0.1) is 35.7 Å². The number of anilines is 9. The third-order valence-corrected chi connectivity index (χ3v) is 34.8. The van der Waals surface area contributed by atoms with Gasteiger partial charge < -0.3 is 82.0 Å². The number of hydrogen-bond donors (Lipinski definition) is 0. The normalized spacial score (nSPS) is 16.6. The molecule has 0 spiro atoms. The molecule has 0 bridgehead atoms. The van der Waals surface area contributed by atoms with Crippen LogP contribution in [0.15, 0.2) is 91.0 Å². The Labute approximate surface area is 877 Å². The molecular formula is C64H122B12N42Pt6Si6-6. The summed E-state index contributed by atoms with van der Waals surface area (Å²) in [6.07, 6.45) is 14.8. The van der Waals surface area contributed by atoms with Crippen molar-refractivity contribution >= 4 is 196 Å². The Morgan fingerprint density at radius 2 is 0.469 bits per heavy atom. The fraction of sp³-hybridized carbons (Fsp3) is 0.625. The Kier molecular flexibility index (Phi) is 55.4. The molecule has 9 aromatic rings. The summed E-state index contributed by atoms with van der Waals surface area (Å²) in [6.45, 7) is 52.0. The van der Waals surface area contributed by atoms with Crippen molar-refractivity contribution in [2.24, 2.45) is 0 Å². The van der Waals surface area contributed by atoms with Gasteiger partial charge in [0, 0.05) is 143 Å². The summed E-state index contributed by atoms with van der Waals surface area (Å²) in [4.78, 5) is 0. The van der Waals surface area contributed by atoms with Crippen molar-refractivity contribution in [2.75, 3.05) is 94.2 Å². The standard InChI is InChI=1S/C13H21B2N7Si.2C12H19B2N7Si.C10H23B2N7Si.C9H21B2N7Si.C8H19B2N7Si.6Pt/c1-4-5-11-20-14(2)21(12-9-7-6-8-10-12)23-22(15(20)3)13-16-18-19-17-13;1-10(2)19-13(3)20(11-8-6-5-7-9-11)22-21(14(19)4)12-15-17-18-16-12;1-4-10-19-13(2)20(11-8-6-5-7-9-11)22-21(14(19)3)12-15-17-18-16-12;1-5-6-7-8-9-18-11(2)17(4)20-19(12(18)3)10-13-15-16-14-10;1-5-6-7-8-17-10(2)16(4)19-18(11(17)3)9-12-14-15-13-9;1-5-6-7-16-9(2)15(4)18-17(10(16)3)8-11-13-14-12-8;;;;;;/h6-10,23H,4-5,11H2,1-3H3;5-10,22H,1-4H3;5-9,22H,4,10H2,1-3H3;20H,5-9H2,1-4H3;19H,5-8H2,1-4H3;18H,5-7H2,1-4H3;;;;;;/q6*-1;;;;;;. The van der Waals surface area contributed by atoms with E-state index in [9.17, 15) is 0 Å². The van der Waals surface area contributed by atoms with Crippen molar-refractivity contribution in [2.45, 2.75) is 213 Å². The fourth-order valence-electron chi connectivity index (χ4n) is 16.5. The van der Waals surface area contributed by atoms with E-state index < -0.39 is 0 Å². The molecule has 6 aliphatic heterocycles. The van der Waals surface area contributed by atoms with Gasteiger partial charge in [0.15, 0.2) is 59.1 Å². The first-order valence-corrected chi connectivity index (χ1v) is 50.3. The smallest absolute Gasteiger partial charge is 0.320 e. The number of hydrogen-bond acceptors (Lipinski definition) is 36. The first-order chi connectivity index (χ1) is 60.0. The van der Waals surface area contributed by atoms with Gasteiger partial charge in [-0.05, 0) is 128 Å². The third-order valence-electron chi connectivity index (χ3n) is 24.0. The molecule has 0 amide bonds. The molecule has 42 nitrogen and oxygen atoms in total. The zero-order chi connectivity index (χ0) is 88.9. The van der Waals surface area contributed by atoms with Crippen molar-refractivity contribution in [1.29, 1.82) is 0 Å². The average Bonchev–Trinajstić information content (AvgIpc) is 0.910. The van der Waals surface area contributed by atoms with Gasteiger partial charge in [-0.2, -0.15) is 31.3 Å². The van der Waals surface area contributed by atoms with Crippen molar-refractivity contribution in [3.8, 4) is 0 Å². The van der Waals surface area contributed by atoms with Crippen LogP contribution in [-0.2, 0) is 126 Å². The van der Waals surface area contributed by atoms with Crippen LogP contribution in [0.25, 0.3) is 0 Å². The molecule has 3 aromatic carbocycles. The second-order valence-corrected chi connectivity index (χ2v) is 41.1. The minimum atomic E-state index is -0.177. The quantitative estimate of drug-likeness (QED) is 0.0490. The van der Waals surface area contributed by atoms with Crippen LogP contribution < -0.4 is 70.9 Å². The van der Waals surface area contributed by atoms with Crippen LogP contribution >= 0.6 is 0 Å². The summed E-state index contributed by atoms with van der Waals surface area (Å²) in [6, 6.07) is 32.0. The number of rotatable bonds is 27. The maximum absolute atomic E-state index is 4.08. The first kappa shape index (κ1) is 118. The van der Waals surface area contributed by atoms with Crippen LogP contribution in [0.5, 0.6) is 0 Å². The summed E-state index contributed by atoms with van der Waals surface area (Å²) >= 11 is 0. The summed E-state index contributed by atoms with van der Waals surface area (Å²) in [5, 5.41) is 91.9. The summed E-state index contributed by atoms with van der Waals surface area (Å²) in [5.74, 6) is 3.82. The van der Waals surface area contributed by atoms with Crippen molar-refractivity contribution in [3.63, 3.8) is 0 Å². The molecule has 66 heteroatoms. The predicted octanol–water partition coefficient (Wildman–Crippen LogP) is 0.209. The zero-order valence-electron chi connectivity index (χ0n) is 78.8. The second kappa shape index (κ2) is 60.8. The molecular weight excluding hydrogens is 2830 g/mol. The molecule has 130 heavy (non-hydrogen) atoms. The molecule has 12 heterocycles. The molecule has 6 aliphatic rings. The first-order valence-electron chi connectivity index (χ1n) is 44.1. The number of aromatic nitrogens is 24. The third kappa shape index (κ3) is 31.6. The average molecular weight is 2950 g/mol. The van der Waals surface area contributed by atoms with Gasteiger partial charge in [-0.25, -0.2) is 30.6 Å². The van der Waals surface area contributed by atoms with E-state index in [4.69, 9.17) is 0 Å². The number of nitrogens with zero attached hydrogens (tertiary/aromatic N) is 42. The van der Waals surface area contributed by atoms with E-state index in [2.05, 4.69) is 436 Å². The van der Waals surface area contributed by atoms with E-state index in [-0.39, 0.29) is 206 Å². The van der Waals surface area contributed by atoms with Gasteiger partial charge in [-0.1, -0.05) is 230 Å². The topological polar surface area (TPSA) is 375 Å². The number of para-hydroxylation sites is 3. The van der Waals surface area contributed by atoms with E-state index in [1.54, 1.807) is 0 Å². The SMILES string of the molecule is CB1N(c2ccccc2)[SiH]N(c2nnn[n-]2)B(C)N1C(C)C.CCCCCCN1B(C)N(C)[SiH]N(c2nnn[n-]2)B1C.CCCCCN1B(C)N(C)[SiH]N(c2nnn[n-]2)B1C.CCCCN1B(C)N(C)[SiH]N(c2nnn[n-]2)B1C.CCCCN1B(C)N(c2ccccc2)[SiH]N(c2nnn[n-]2)B1C.CCCN1B(C)N(c2ccccc2)[SiH]N(c2nnn[n-]2)B1C.[Pt].[Pt].[Pt].[Pt].[Pt].[Pt]. The van der Waals surface area contributed by atoms with Gasteiger partial charge in [0.2, 0.25) is 0 Å². The Morgan fingerprint density at radius 1 is 0.254 bits per heavy atom. The molecule has 6 radical (unpaired) electrons. The summed E-state index contributed by atoms with van der Waals surface area (Å²) in [5.41, 5.74) is 3.69. The molecule has 0 saturated carbocycles. The van der Waals surface area contributed by atoms with Crippen molar-refractivity contribution < 1.29 is 126 Å². The summed E-state index contributed by atoms with van der Waals surface area (Å²) < 4.78 is 42.7. The van der Waals surface area contributed by atoms with Gasteiger partial charge in [-0.15, -0.1) is 31.3 Å². The van der Waals surface area contributed by atoms with Crippen LogP contribution in [0.3, 0.4) is 0 Å². The van der Waals surface area contributed by atoms with E-state index >= 15 is 0 Å². The van der Waals surface area contributed by atoms with E-state index in [0.29, 0.717) is 105 Å². The van der Waals surface area contributed by atoms with E-state index in [1.807, 2.05) is 12.1 Å². The molecule has 6 saturated heterocycles. The molecule has 0 N–H and O–H groups in total. The maximum Gasteiger partial charge on any atom is 0.320 e. The Bertz CT molecular complexity index is 4330. The second-order valence-electron chi connectivity index (χ2n) is 32.2. The van der Waals surface area contributed by atoms with Crippen LogP contribution in [0.1, 0.15) is 126 Å². The maximum atomic E-state index is 4.08. The van der Waals surface area contributed by atoms with E-state index in [1.165, 1.54) is 87.7 Å². The van der Waals surface area contributed by atoms with Crippen LogP contribution in [0.4, 0.5) is 52.8 Å². The molecule has 15 rings (SSSR count). The van der Waals surface area contributed by atoms with Gasteiger partial charge in [-0.3, -0.25) is 30.6 Å². The Morgan fingerprint density at radius 3 is 0.723 bits per heavy atom. The number of unbranched alkanes of at least 4 members (excludes halogenated alkanes) is 7. The van der Waals surface area contributed by atoms with Gasteiger partial charge in [0.25, 0.3) is 62.8 Å². The molecule has 0 unspecified atom stereocenters. The fourth-order valence-corrected chi connectivity index (χ4v) is 25.0. The van der Waals surface area contributed by atoms with Gasteiger partial charge in [0.1, 0.15) is 0 Å². The molecule has 714 valence electrons. The Balaban J connectivity index is 0.000000324. The van der Waals surface area contributed by atoms with Crippen LogP contribution in [-0.4, -0.2) is 338 Å². The predicted molar refractivity (Wildman–Crippen MR) is 520 cm³/mol. The molecule has 0 aliphatic carbocycles. The number of benzene rings is 3. The summed E-state index contributed by atoms with van der Waals surface area (Å²) in [7, 11) is 5.94. The molecule has 0 atom stereocenters. The van der Waals surface area contributed by atoms with E-state index in [0.717, 1.165) is 39.1 Å². The monoisotopic (exact) mass is 2950 g/mol. The Hall–Kier alpha value is -3.87. The zero-order valence-corrected chi connectivity index (χ0v) is 99.4.